The van der Waals surface area contributed by atoms with Gasteiger partial charge in [-0.2, -0.15) is 0 Å². The maximum atomic E-state index is 12.5. The van der Waals surface area contributed by atoms with Gasteiger partial charge in [0.05, 0.1) is 17.8 Å². The first kappa shape index (κ1) is 20.9. The third kappa shape index (κ3) is 5.60. The van der Waals surface area contributed by atoms with Crippen molar-refractivity contribution < 1.29 is 9.53 Å². The van der Waals surface area contributed by atoms with Gasteiger partial charge in [-0.3, -0.25) is 14.7 Å². The van der Waals surface area contributed by atoms with Crippen LogP contribution in [0.1, 0.15) is 56.8 Å². The van der Waals surface area contributed by atoms with E-state index in [9.17, 15) is 4.79 Å². The Hall–Kier alpha value is -2.40. The van der Waals surface area contributed by atoms with Crippen LogP contribution >= 0.6 is 0 Å². The van der Waals surface area contributed by atoms with E-state index < -0.39 is 0 Å². The van der Waals surface area contributed by atoms with Crippen LogP contribution in [0.2, 0.25) is 0 Å². The van der Waals surface area contributed by atoms with Gasteiger partial charge < -0.3 is 10.1 Å². The summed E-state index contributed by atoms with van der Waals surface area (Å²) in [6, 6.07) is 14.4. The summed E-state index contributed by atoms with van der Waals surface area (Å²) in [5, 5.41) is 3.32. The lowest BCUT2D eigenvalue weighted by Gasteiger charge is -2.36. The molecule has 0 unspecified atom stereocenters. The van der Waals surface area contributed by atoms with Crippen LogP contribution in [0.15, 0.2) is 48.7 Å². The fourth-order valence-corrected chi connectivity index (χ4v) is 4.30. The second kappa shape index (κ2) is 9.61. The minimum Gasteiger partial charge on any atom is -0.491 e. The Bertz CT molecular complexity index is 827. The standard InChI is InChI=1S/C25H33N3O2/c1-18(2)30-22-7-5-6-19(16-22)17-28-14-11-20(12-15-28)24(23-8-3-4-13-26-23)27-25(29)21-9-10-21/h3-8,13,16,18,20-21,24H,9-12,14-15,17H2,1-2H3,(H,27,29)/t24-/m1/s1. The predicted molar refractivity (Wildman–Crippen MR) is 118 cm³/mol. The third-order valence-electron chi connectivity index (χ3n) is 6.03. The number of carbonyl (C=O) groups excluding carboxylic acids is 1. The normalized spacial score (nSPS) is 18.9. The molecular formula is C25H33N3O2. The maximum Gasteiger partial charge on any atom is 0.223 e. The van der Waals surface area contributed by atoms with Crippen LogP contribution in [0, 0.1) is 11.8 Å². The number of pyridine rings is 1. The number of nitrogens with zero attached hydrogens (tertiary/aromatic N) is 2. The van der Waals surface area contributed by atoms with Gasteiger partial charge in [0, 0.05) is 18.7 Å². The quantitative estimate of drug-likeness (QED) is 0.707. The van der Waals surface area contributed by atoms with Crippen molar-refractivity contribution >= 4 is 5.91 Å². The molecule has 0 radical (unpaired) electrons. The summed E-state index contributed by atoms with van der Waals surface area (Å²) < 4.78 is 5.84. The second-order valence-electron chi connectivity index (χ2n) is 8.94. The molecule has 4 rings (SSSR count). The van der Waals surface area contributed by atoms with Crippen LogP contribution in [-0.4, -0.2) is 35.0 Å². The molecule has 2 aromatic rings. The van der Waals surface area contributed by atoms with Crippen molar-refractivity contribution in [3.05, 3.63) is 59.9 Å². The van der Waals surface area contributed by atoms with E-state index in [1.54, 1.807) is 0 Å². The molecule has 1 aliphatic carbocycles. The first-order chi connectivity index (χ1) is 14.6. The molecule has 1 atom stereocenters. The van der Waals surface area contributed by atoms with Gasteiger partial charge in [0.15, 0.2) is 0 Å². The molecule has 0 spiro atoms. The number of likely N-dealkylation sites (tertiary alicyclic amines) is 1. The number of ether oxygens (including phenoxy) is 1. The van der Waals surface area contributed by atoms with Crippen molar-refractivity contribution in [2.45, 2.75) is 58.2 Å². The molecule has 1 saturated heterocycles. The van der Waals surface area contributed by atoms with Crippen molar-refractivity contribution in [1.29, 1.82) is 0 Å². The number of piperidine rings is 1. The lowest BCUT2D eigenvalue weighted by Crippen LogP contribution is -2.41. The average molecular weight is 408 g/mol. The first-order valence-electron chi connectivity index (χ1n) is 11.3. The minimum atomic E-state index is 0.0178. The van der Waals surface area contributed by atoms with Crippen LogP contribution in [0.3, 0.4) is 0 Å². The van der Waals surface area contributed by atoms with E-state index in [1.807, 2.05) is 30.5 Å². The molecule has 1 aliphatic heterocycles. The molecule has 5 heteroatoms. The number of rotatable bonds is 8. The molecule has 2 fully saturated rings. The molecular weight excluding hydrogens is 374 g/mol. The second-order valence-corrected chi connectivity index (χ2v) is 8.94. The van der Waals surface area contributed by atoms with Gasteiger partial charge >= 0.3 is 0 Å². The zero-order valence-corrected chi connectivity index (χ0v) is 18.1. The third-order valence-corrected chi connectivity index (χ3v) is 6.03. The molecule has 1 amide bonds. The summed E-state index contributed by atoms with van der Waals surface area (Å²) in [5.74, 6) is 1.79. The monoisotopic (exact) mass is 407 g/mol. The van der Waals surface area contributed by atoms with Gasteiger partial charge in [-0.25, -0.2) is 0 Å². The summed E-state index contributed by atoms with van der Waals surface area (Å²) in [4.78, 5) is 19.6. The molecule has 5 nitrogen and oxygen atoms in total. The fourth-order valence-electron chi connectivity index (χ4n) is 4.30. The van der Waals surface area contributed by atoms with E-state index in [0.29, 0.717) is 5.92 Å². The number of nitrogens with one attached hydrogen (secondary N) is 1. The summed E-state index contributed by atoms with van der Waals surface area (Å²) >= 11 is 0. The first-order valence-corrected chi connectivity index (χ1v) is 11.3. The lowest BCUT2D eigenvalue weighted by atomic mass is 9.87. The maximum absolute atomic E-state index is 12.5. The van der Waals surface area contributed by atoms with E-state index in [1.165, 1.54) is 5.56 Å². The lowest BCUT2D eigenvalue weighted by molar-refractivity contribution is -0.123. The van der Waals surface area contributed by atoms with Gasteiger partial charge in [-0.15, -0.1) is 0 Å². The molecule has 30 heavy (non-hydrogen) atoms. The molecule has 1 aromatic carbocycles. The summed E-state index contributed by atoms with van der Waals surface area (Å²) in [7, 11) is 0. The van der Waals surface area contributed by atoms with Crippen molar-refractivity contribution in [3.63, 3.8) is 0 Å². The number of hydrogen-bond donors (Lipinski definition) is 1. The number of hydrogen-bond acceptors (Lipinski definition) is 4. The molecule has 1 saturated carbocycles. The Kier molecular flexibility index (Phi) is 6.68. The number of aromatic nitrogens is 1. The van der Waals surface area contributed by atoms with Crippen LogP contribution in [-0.2, 0) is 11.3 Å². The van der Waals surface area contributed by atoms with Gasteiger partial charge in [0.2, 0.25) is 5.91 Å². The molecule has 1 N–H and O–H groups in total. The van der Waals surface area contributed by atoms with E-state index >= 15 is 0 Å². The minimum absolute atomic E-state index is 0.0178. The molecule has 1 aromatic heterocycles. The van der Waals surface area contributed by atoms with Gasteiger partial charge in [-0.05, 0) is 88.4 Å². The fraction of sp³-hybridized carbons (Fsp3) is 0.520. The van der Waals surface area contributed by atoms with Crippen LogP contribution in [0.4, 0.5) is 0 Å². The van der Waals surface area contributed by atoms with Gasteiger partial charge in [0.1, 0.15) is 5.75 Å². The molecule has 0 bridgehead atoms. The Morgan fingerprint density at radius 1 is 1.13 bits per heavy atom. The highest BCUT2D eigenvalue weighted by molar-refractivity contribution is 5.81. The Labute approximate surface area is 179 Å². The zero-order valence-electron chi connectivity index (χ0n) is 18.1. The predicted octanol–water partition coefficient (Wildman–Crippen LogP) is 4.35. The molecule has 160 valence electrons. The average Bonchev–Trinajstić information content (AvgIpc) is 3.59. The van der Waals surface area contributed by atoms with Gasteiger partial charge in [-0.1, -0.05) is 18.2 Å². The highest BCUT2D eigenvalue weighted by atomic mass is 16.5. The smallest absolute Gasteiger partial charge is 0.223 e. The number of benzene rings is 1. The number of amides is 1. The summed E-state index contributed by atoms with van der Waals surface area (Å²) in [6.45, 7) is 7.10. The van der Waals surface area contributed by atoms with E-state index in [-0.39, 0.29) is 24.0 Å². The highest BCUT2D eigenvalue weighted by Gasteiger charge is 2.35. The Morgan fingerprint density at radius 2 is 1.93 bits per heavy atom. The summed E-state index contributed by atoms with van der Waals surface area (Å²) in [5.41, 5.74) is 2.28. The van der Waals surface area contributed by atoms with E-state index in [0.717, 1.165) is 56.8 Å². The topological polar surface area (TPSA) is 54.5 Å². The molecule has 2 aliphatic rings. The van der Waals surface area contributed by atoms with E-state index in [4.69, 9.17) is 4.74 Å². The summed E-state index contributed by atoms with van der Waals surface area (Å²) in [6.07, 6.45) is 6.19. The van der Waals surface area contributed by atoms with Crippen LogP contribution in [0.25, 0.3) is 0 Å². The van der Waals surface area contributed by atoms with Crippen molar-refractivity contribution in [1.82, 2.24) is 15.2 Å². The largest absolute Gasteiger partial charge is 0.491 e. The van der Waals surface area contributed by atoms with Crippen LogP contribution < -0.4 is 10.1 Å². The Morgan fingerprint density at radius 3 is 2.60 bits per heavy atom. The Balaban J connectivity index is 1.36. The van der Waals surface area contributed by atoms with Gasteiger partial charge in [0.25, 0.3) is 0 Å². The zero-order chi connectivity index (χ0) is 20.9. The van der Waals surface area contributed by atoms with Crippen LogP contribution in [0.5, 0.6) is 5.75 Å². The van der Waals surface area contributed by atoms with Crippen molar-refractivity contribution in [2.75, 3.05) is 13.1 Å². The SMILES string of the molecule is CC(C)Oc1cccc(CN2CCC([C@@H](NC(=O)C3CC3)c3ccccn3)CC2)c1. The highest BCUT2D eigenvalue weighted by Crippen LogP contribution is 2.34. The van der Waals surface area contributed by atoms with E-state index in [2.05, 4.69) is 47.2 Å². The number of carbonyl (C=O) groups is 1. The molecule has 2 heterocycles. The van der Waals surface area contributed by atoms with Crippen molar-refractivity contribution in [2.24, 2.45) is 11.8 Å². The van der Waals surface area contributed by atoms with Crippen molar-refractivity contribution in [3.8, 4) is 5.75 Å².